The van der Waals surface area contributed by atoms with Crippen LogP contribution in [0.4, 0.5) is 0 Å². The summed E-state index contributed by atoms with van der Waals surface area (Å²) < 4.78 is 0.972. The summed E-state index contributed by atoms with van der Waals surface area (Å²) in [6, 6.07) is 5.79. The molecule has 1 N–H and O–H groups in total. The van der Waals surface area contributed by atoms with Crippen LogP contribution in [0, 0.1) is 3.57 Å². The molecule has 18 heavy (non-hydrogen) atoms. The summed E-state index contributed by atoms with van der Waals surface area (Å²) in [6.07, 6.45) is 7.23. The fourth-order valence-electron chi connectivity index (χ4n) is 2.33. The number of hydrogen-bond acceptors (Lipinski definition) is 1. The number of hydrogen-bond donors (Lipinski definition) is 1. The topological polar surface area (TPSA) is 29.1 Å². The first-order valence-corrected chi connectivity index (χ1v) is 7.88. The lowest BCUT2D eigenvalue weighted by Gasteiger charge is -2.16. The van der Waals surface area contributed by atoms with Crippen LogP contribution in [-0.4, -0.2) is 11.9 Å². The molecular weight excluding hydrogens is 361 g/mol. The number of amides is 1. The van der Waals surface area contributed by atoms with Crippen LogP contribution in [0.25, 0.3) is 0 Å². The molecule has 98 valence electrons. The number of carbonyl (C=O) groups excluding carboxylic acids is 1. The Hall–Kier alpha value is -0.290. The molecule has 1 aromatic rings. The molecule has 0 heterocycles. The van der Waals surface area contributed by atoms with Gasteiger partial charge in [0.05, 0.1) is 5.02 Å². The van der Waals surface area contributed by atoms with Crippen LogP contribution >= 0.6 is 34.2 Å². The van der Waals surface area contributed by atoms with Gasteiger partial charge in [-0.2, -0.15) is 0 Å². The Morgan fingerprint density at radius 2 is 1.89 bits per heavy atom. The van der Waals surface area contributed by atoms with Gasteiger partial charge in [0.25, 0.3) is 5.91 Å². The minimum atomic E-state index is 0.000185. The van der Waals surface area contributed by atoms with Gasteiger partial charge >= 0.3 is 0 Å². The normalized spacial score (nSPS) is 17.2. The zero-order valence-corrected chi connectivity index (χ0v) is 13.1. The van der Waals surface area contributed by atoms with Crippen LogP contribution in [0.2, 0.25) is 5.02 Å². The highest BCUT2D eigenvalue weighted by molar-refractivity contribution is 14.1. The first kappa shape index (κ1) is 14.1. The first-order valence-electron chi connectivity index (χ1n) is 6.43. The largest absolute Gasteiger partial charge is 0.349 e. The minimum Gasteiger partial charge on any atom is -0.349 e. The molecule has 0 aliphatic heterocycles. The average molecular weight is 378 g/mol. The highest BCUT2D eigenvalue weighted by Gasteiger charge is 2.16. The number of carbonyl (C=O) groups is 1. The van der Waals surface area contributed by atoms with Crippen molar-refractivity contribution in [1.82, 2.24) is 5.32 Å². The SMILES string of the molecule is O=C(NC1CCCCCC1)c1ccc(I)c(Cl)c1. The maximum atomic E-state index is 12.1. The summed E-state index contributed by atoms with van der Waals surface area (Å²) in [5.74, 6) is 0.000185. The third-order valence-electron chi connectivity index (χ3n) is 3.37. The van der Waals surface area contributed by atoms with Crippen LogP contribution in [0.15, 0.2) is 18.2 Å². The van der Waals surface area contributed by atoms with Gasteiger partial charge in [0, 0.05) is 15.2 Å². The van der Waals surface area contributed by atoms with Crippen molar-refractivity contribution in [2.45, 2.75) is 44.6 Å². The monoisotopic (exact) mass is 377 g/mol. The van der Waals surface area contributed by atoms with Crippen LogP contribution in [0.1, 0.15) is 48.9 Å². The molecule has 0 radical (unpaired) electrons. The van der Waals surface area contributed by atoms with E-state index in [9.17, 15) is 4.79 Å². The number of halogens is 2. The summed E-state index contributed by atoms with van der Waals surface area (Å²) in [7, 11) is 0. The van der Waals surface area contributed by atoms with Crippen LogP contribution in [0.3, 0.4) is 0 Å². The lowest BCUT2D eigenvalue weighted by Crippen LogP contribution is -2.34. The fraction of sp³-hybridized carbons (Fsp3) is 0.500. The van der Waals surface area contributed by atoms with Gasteiger partial charge in [0.2, 0.25) is 0 Å². The molecular formula is C14H17ClINO. The minimum absolute atomic E-state index is 0.000185. The highest BCUT2D eigenvalue weighted by atomic mass is 127. The van der Waals surface area contributed by atoms with Gasteiger partial charge in [0.1, 0.15) is 0 Å². The lowest BCUT2D eigenvalue weighted by atomic mass is 10.1. The molecule has 0 unspecified atom stereocenters. The van der Waals surface area contributed by atoms with Gasteiger partial charge in [-0.1, -0.05) is 37.3 Å². The Morgan fingerprint density at radius 1 is 1.22 bits per heavy atom. The predicted octanol–water partition coefficient (Wildman–Crippen LogP) is 4.40. The van der Waals surface area contributed by atoms with Crippen molar-refractivity contribution in [3.63, 3.8) is 0 Å². The van der Waals surface area contributed by atoms with E-state index in [0.717, 1.165) is 16.4 Å². The van der Waals surface area contributed by atoms with Crippen molar-refractivity contribution < 1.29 is 4.79 Å². The summed E-state index contributed by atoms with van der Waals surface area (Å²) in [5, 5.41) is 3.76. The van der Waals surface area contributed by atoms with E-state index in [1.165, 1.54) is 25.7 Å². The van der Waals surface area contributed by atoms with Crippen molar-refractivity contribution in [2.24, 2.45) is 0 Å². The molecule has 0 spiro atoms. The summed E-state index contributed by atoms with van der Waals surface area (Å²) in [6.45, 7) is 0. The highest BCUT2D eigenvalue weighted by Crippen LogP contribution is 2.21. The molecule has 1 aliphatic rings. The molecule has 1 amide bonds. The Bertz CT molecular complexity index is 428. The maximum absolute atomic E-state index is 12.1. The molecule has 2 nitrogen and oxygen atoms in total. The molecule has 0 bridgehead atoms. The molecule has 0 saturated heterocycles. The van der Waals surface area contributed by atoms with Crippen LogP contribution in [-0.2, 0) is 0 Å². The van der Waals surface area contributed by atoms with Gasteiger partial charge in [-0.3, -0.25) is 4.79 Å². The van der Waals surface area contributed by atoms with Gasteiger partial charge in [0.15, 0.2) is 0 Å². The van der Waals surface area contributed by atoms with Crippen molar-refractivity contribution >= 4 is 40.1 Å². The zero-order chi connectivity index (χ0) is 13.0. The Balaban J connectivity index is 1.99. The van der Waals surface area contributed by atoms with E-state index in [1.54, 1.807) is 6.07 Å². The standard InChI is InChI=1S/C14H17ClINO/c15-12-9-10(7-8-13(12)16)14(18)17-11-5-3-1-2-4-6-11/h7-9,11H,1-6H2,(H,17,18). The maximum Gasteiger partial charge on any atom is 0.251 e. The number of nitrogens with one attached hydrogen (secondary N) is 1. The molecule has 1 fully saturated rings. The second kappa shape index (κ2) is 6.75. The third kappa shape index (κ3) is 3.85. The van der Waals surface area contributed by atoms with Crippen molar-refractivity contribution in [1.29, 1.82) is 0 Å². The summed E-state index contributed by atoms with van der Waals surface area (Å²) in [4.78, 5) is 12.1. The van der Waals surface area contributed by atoms with E-state index >= 15 is 0 Å². The van der Waals surface area contributed by atoms with Gasteiger partial charge in [-0.05, 0) is 53.6 Å². The quantitative estimate of drug-likeness (QED) is 0.601. The molecule has 1 aliphatic carbocycles. The van der Waals surface area contributed by atoms with Crippen LogP contribution in [0.5, 0.6) is 0 Å². The fourth-order valence-corrected chi connectivity index (χ4v) is 2.85. The molecule has 0 atom stereocenters. The molecule has 2 rings (SSSR count). The Kier molecular flexibility index (Phi) is 5.30. The van der Waals surface area contributed by atoms with E-state index in [0.29, 0.717) is 16.6 Å². The van der Waals surface area contributed by atoms with E-state index in [2.05, 4.69) is 27.9 Å². The first-order chi connectivity index (χ1) is 8.66. The third-order valence-corrected chi connectivity index (χ3v) is 4.94. The molecule has 1 aromatic carbocycles. The van der Waals surface area contributed by atoms with Crippen LogP contribution < -0.4 is 5.32 Å². The number of rotatable bonds is 2. The van der Waals surface area contributed by atoms with Gasteiger partial charge < -0.3 is 5.32 Å². The van der Waals surface area contributed by atoms with E-state index in [4.69, 9.17) is 11.6 Å². The van der Waals surface area contributed by atoms with Crippen molar-refractivity contribution in [3.8, 4) is 0 Å². The van der Waals surface area contributed by atoms with E-state index < -0.39 is 0 Å². The second-order valence-electron chi connectivity index (χ2n) is 4.79. The van der Waals surface area contributed by atoms with E-state index in [-0.39, 0.29) is 5.91 Å². The Labute approximate surface area is 127 Å². The van der Waals surface area contributed by atoms with Crippen molar-refractivity contribution in [2.75, 3.05) is 0 Å². The Morgan fingerprint density at radius 3 is 2.50 bits per heavy atom. The molecule has 1 saturated carbocycles. The van der Waals surface area contributed by atoms with Gasteiger partial charge in [-0.15, -0.1) is 0 Å². The summed E-state index contributed by atoms with van der Waals surface area (Å²) in [5.41, 5.74) is 0.657. The van der Waals surface area contributed by atoms with Gasteiger partial charge in [-0.25, -0.2) is 0 Å². The molecule has 4 heteroatoms. The lowest BCUT2D eigenvalue weighted by molar-refractivity contribution is 0.0933. The summed E-state index contributed by atoms with van der Waals surface area (Å²) >= 11 is 8.20. The van der Waals surface area contributed by atoms with Crippen molar-refractivity contribution in [3.05, 3.63) is 32.4 Å². The number of benzene rings is 1. The predicted molar refractivity (Wildman–Crippen MR) is 83.1 cm³/mol. The van der Waals surface area contributed by atoms with E-state index in [1.807, 2.05) is 12.1 Å². The zero-order valence-electron chi connectivity index (χ0n) is 10.2. The molecule has 0 aromatic heterocycles. The average Bonchev–Trinajstić information content (AvgIpc) is 2.61. The second-order valence-corrected chi connectivity index (χ2v) is 6.36. The smallest absolute Gasteiger partial charge is 0.251 e.